The van der Waals surface area contributed by atoms with Crippen molar-refractivity contribution in [2.45, 2.75) is 25.7 Å². The number of hydrogen-bond donors (Lipinski definition) is 2. The van der Waals surface area contributed by atoms with Gasteiger partial charge in [0.1, 0.15) is 6.61 Å². The third-order valence-electron chi connectivity index (χ3n) is 4.15. The molecule has 6 nitrogen and oxygen atoms in total. The minimum Gasteiger partial charge on any atom is -0.487 e. The summed E-state index contributed by atoms with van der Waals surface area (Å²) in [5.74, 6) is -1.40. The number of benzene rings is 1. The van der Waals surface area contributed by atoms with E-state index in [0.29, 0.717) is 48.9 Å². The first-order valence-electron chi connectivity index (χ1n) is 7.96. The molecule has 24 heavy (non-hydrogen) atoms. The maximum absolute atomic E-state index is 12.5. The third kappa shape index (κ3) is 4.85. The van der Waals surface area contributed by atoms with Crippen molar-refractivity contribution in [3.8, 4) is 5.75 Å². The predicted octanol–water partition coefficient (Wildman–Crippen LogP) is 3.19. The third-order valence-corrected chi connectivity index (χ3v) is 4.45. The zero-order chi connectivity index (χ0) is 17.5. The lowest BCUT2D eigenvalue weighted by molar-refractivity contribution is -0.143. The summed E-state index contributed by atoms with van der Waals surface area (Å²) in [4.78, 5) is 23.6. The Kier molecular flexibility index (Phi) is 6.87. The fraction of sp³-hybridized carbons (Fsp3) is 0.529. The van der Waals surface area contributed by atoms with E-state index in [4.69, 9.17) is 26.2 Å². The van der Waals surface area contributed by atoms with Gasteiger partial charge in [-0.15, -0.1) is 0 Å². The van der Waals surface area contributed by atoms with Gasteiger partial charge >= 0.3 is 5.97 Å². The number of anilines is 1. The molecule has 1 fully saturated rings. The molecule has 0 spiro atoms. The molecule has 1 aliphatic rings. The van der Waals surface area contributed by atoms with E-state index in [2.05, 4.69) is 5.32 Å². The summed E-state index contributed by atoms with van der Waals surface area (Å²) in [6, 6.07) is 5.12. The number of nitrogens with one attached hydrogen (secondary N) is 1. The van der Waals surface area contributed by atoms with Gasteiger partial charge in [-0.2, -0.15) is 0 Å². The number of hydrogen-bond acceptors (Lipinski definition) is 4. The maximum Gasteiger partial charge on any atom is 0.306 e. The zero-order valence-corrected chi connectivity index (χ0v) is 14.3. The minimum atomic E-state index is -0.834. The lowest BCUT2D eigenvalue weighted by Gasteiger charge is -2.26. The topological polar surface area (TPSA) is 84.9 Å². The van der Waals surface area contributed by atoms with Crippen molar-refractivity contribution in [3.63, 3.8) is 0 Å². The van der Waals surface area contributed by atoms with E-state index < -0.39 is 11.9 Å². The molecule has 132 valence electrons. The Balaban J connectivity index is 2.05. The summed E-state index contributed by atoms with van der Waals surface area (Å²) in [6.45, 7) is 0.717. The van der Waals surface area contributed by atoms with Crippen molar-refractivity contribution < 1.29 is 24.2 Å². The van der Waals surface area contributed by atoms with Gasteiger partial charge in [-0.3, -0.25) is 9.59 Å². The predicted molar refractivity (Wildman–Crippen MR) is 90.5 cm³/mol. The Morgan fingerprint density at radius 3 is 2.75 bits per heavy atom. The van der Waals surface area contributed by atoms with Crippen LogP contribution in [0, 0.1) is 11.8 Å². The number of carboxylic acids is 1. The number of methoxy groups -OCH3 is 1. The van der Waals surface area contributed by atoms with E-state index in [1.807, 2.05) is 0 Å². The van der Waals surface area contributed by atoms with Crippen molar-refractivity contribution in [1.29, 1.82) is 0 Å². The van der Waals surface area contributed by atoms with Crippen LogP contribution in [0.1, 0.15) is 25.7 Å². The van der Waals surface area contributed by atoms with Crippen molar-refractivity contribution in [3.05, 3.63) is 23.2 Å². The lowest BCUT2D eigenvalue weighted by atomic mass is 9.81. The standard InChI is InChI=1S/C17H22ClNO5/c1-23-8-9-24-15-13(18)6-3-7-14(15)19-16(20)11-4-2-5-12(10-11)17(21)22/h3,6-7,11-12H,2,4-5,8-10H2,1H3,(H,19,20)(H,21,22). The number of rotatable bonds is 7. The molecule has 0 radical (unpaired) electrons. The SMILES string of the molecule is COCCOc1c(Cl)cccc1NC(=O)C1CCCC(C(=O)O)C1. The lowest BCUT2D eigenvalue weighted by Crippen LogP contribution is -2.31. The number of carboxylic acid groups (broad SMARTS) is 1. The Morgan fingerprint density at radius 2 is 2.04 bits per heavy atom. The second kappa shape index (κ2) is 8.89. The molecule has 2 N–H and O–H groups in total. The van der Waals surface area contributed by atoms with Gasteiger partial charge in [0.2, 0.25) is 5.91 Å². The summed E-state index contributed by atoms with van der Waals surface area (Å²) in [7, 11) is 1.57. The number of halogens is 1. The molecule has 0 saturated heterocycles. The van der Waals surface area contributed by atoms with Crippen molar-refractivity contribution in [2.75, 3.05) is 25.6 Å². The van der Waals surface area contributed by atoms with Gasteiger partial charge in [0.25, 0.3) is 0 Å². The highest BCUT2D eigenvalue weighted by atomic mass is 35.5. The van der Waals surface area contributed by atoms with Crippen LogP contribution in [0.15, 0.2) is 18.2 Å². The first kappa shape index (κ1) is 18.5. The highest BCUT2D eigenvalue weighted by Gasteiger charge is 2.31. The summed E-state index contributed by atoms with van der Waals surface area (Å²) in [6.07, 6.45) is 2.42. The van der Waals surface area contributed by atoms with Crippen LogP contribution in [0.25, 0.3) is 0 Å². The molecule has 2 rings (SSSR count). The van der Waals surface area contributed by atoms with Gasteiger partial charge in [-0.05, 0) is 31.4 Å². The summed E-state index contributed by atoms with van der Waals surface area (Å²) in [5.41, 5.74) is 0.487. The second-order valence-corrected chi connectivity index (χ2v) is 6.25. The molecular formula is C17H22ClNO5. The van der Waals surface area contributed by atoms with E-state index in [-0.39, 0.29) is 11.8 Å². The molecule has 0 aromatic heterocycles. The second-order valence-electron chi connectivity index (χ2n) is 5.85. The van der Waals surface area contributed by atoms with Gasteiger partial charge in [0, 0.05) is 13.0 Å². The molecule has 2 atom stereocenters. The molecule has 1 aromatic carbocycles. The van der Waals surface area contributed by atoms with Crippen LogP contribution in [0.3, 0.4) is 0 Å². The van der Waals surface area contributed by atoms with Gasteiger partial charge < -0.3 is 19.9 Å². The van der Waals surface area contributed by atoms with Crippen LogP contribution in [0.4, 0.5) is 5.69 Å². The highest BCUT2D eigenvalue weighted by molar-refractivity contribution is 6.32. The smallest absolute Gasteiger partial charge is 0.306 e. The Labute approximate surface area is 146 Å². The van der Waals surface area contributed by atoms with E-state index in [1.165, 1.54) is 0 Å². The summed E-state index contributed by atoms with van der Waals surface area (Å²) < 4.78 is 10.5. The quantitative estimate of drug-likeness (QED) is 0.734. The van der Waals surface area contributed by atoms with Crippen LogP contribution in [-0.2, 0) is 14.3 Å². The van der Waals surface area contributed by atoms with Gasteiger partial charge in [0.15, 0.2) is 5.75 Å². The average molecular weight is 356 g/mol. The molecule has 0 heterocycles. The fourth-order valence-corrected chi connectivity index (χ4v) is 3.10. The Morgan fingerprint density at radius 1 is 1.29 bits per heavy atom. The first-order valence-corrected chi connectivity index (χ1v) is 8.34. The van der Waals surface area contributed by atoms with Gasteiger partial charge in [0.05, 0.1) is 23.2 Å². The molecule has 0 bridgehead atoms. The fourth-order valence-electron chi connectivity index (χ4n) is 2.87. The summed E-state index contributed by atoms with van der Waals surface area (Å²) in [5, 5.41) is 12.4. The minimum absolute atomic E-state index is 0.195. The van der Waals surface area contributed by atoms with Gasteiger partial charge in [-0.1, -0.05) is 24.1 Å². The van der Waals surface area contributed by atoms with E-state index in [9.17, 15) is 9.59 Å². The van der Waals surface area contributed by atoms with E-state index in [1.54, 1.807) is 25.3 Å². The van der Waals surface area contributed by atoms with Crippen LogP contribution in [-0.4, -0.2) is 37.3 Å². The molecule has 1 saturated carbocycles. The Hall–Kier alpha value is -1.79. The number of ether oxygens (including phenoxy) is 2. The first-order chi connectivity index (χ1) is 11.5. The average Bonchev–Trinajstić information content (AvgIpc) is 2.57. The molecule has 1 amide bonds. The van der Waals surface area contributed by atoms with Crippen LogP contribution in [0.2, 0.25) is 5.02 Å². The number of carbonyl (C=O) groups is 2. The largest absolute Gasteiger partial charge is 0.487 e. The van der Waals surface area contributed by atoms with E-state index in [0.717, 1.165) is 6.42 Å². The molecular weight excluding hydrogens is 334 g/mol. The molecule has 7 heteroatoms. The molecule has 2 unspecified atom stereocenters. The molecule has 1 aromatic rings. The van der Waals surface area contributed by atoms with Crippen molar-refractivity contribution in [2.24, 2.45) is 11.8 Å². The van der Waals surface area contributed by atoms with Crippen molar-refractivity contribution in [1.82, 2.24) is 0 Å². The number of carbonyl (C=O) groups excluding carboxylic acids is 1. The monoisotopic (exact) mass is 355 g/mol. The van der Waals surface area contributed by atoms with Crippen molar-refractivity contribution >= 4 is 29.2 Å². The number of amides is 1. The number of para-hydroxylation sites is 1. The normalized spacial score (nSPS) is 20.4. The van der Waals surface area contributed by atoms with Gasteiger partial charge in [-0.25, -0.2) is 0 Å². The zero-order valence-electron chi connectivity index (χ0n) is 13.6. The highest BCUT2D eigenvalue weighted by Crippen LogP contribution is 2.35. The molecule has 1 aliphatic carbocycles. The molecule has 0 aliphatic heterocycles. The maximum atomic E-state index is 12.5. The number of aliphatic carboxylic acids is 1. The van der Waals surface area contributed by atoms with Crippen LogP contribution in [0.5, 0.6) is 5.75 Å². The van der Waals surface area contributed by atoms with Crippen LogP contribution >= 0.6 is 11.6 Å². The van der Waals surface area contributed by atoms with E-state index >= 15 is 0 Å². The van der Waals surface area contributed by atoms with Crippen LogP contribution < -0.4 is 10.1 Å². The Bertz CT molecular complexity index is 592. The summed E-state index contributed by atoms with van der Waals surface area (Å²) >= 11 is 6.15.